The molecule has 4 heteroatoms. The number of benzene rings is 1. The van der Waals surface area contributed by atoms with Gasteiger partial charge in [-0.25, -0.2) is 0 Å². The molecule has 0 saturated carbocycles. The van der Waals surface area contributed by atoms with E-state index in [1.807, 2.05) is 0 Å². The zero-order valence-electron chi connectivity index (χ0n) is 7.44. The predicted octanol–water partition coefficient (Wildman–Crippen LogP) is 3.50. The molecule has 0 fully saturated rings. The van der Waals surface area contributed by atoms with Gasteiger partial charge in [0.2, 0.25) is 0 Å². The van der Waals surface area contributed by atoms with Crippen molar-refractivity contribution in [3.8, 4) is 0 Å². The second-order valence-corrected chi connectivity index (χ2v) is 3.19. The summed E-state index contributed by atoms with van der Waals surface area (Å²) in [5.41, 5.74) is 0.398. The summed E-state index contributed by atoms with van der Waals surface area (Å²) in [5, 5.41) is 0.625. The average Bonchev–Trinajstić information content (AvgIpc) is 2.50. The number of alkyl halides is 3. The monoisotopic (exact) mass is 199 g/mol. The molecular weight excluding hydrogens is 191 g/mol. The zero-order chi connectivity index (χ0) is 10.3. The molecule has 1 nitrogen and oxygen atoms in total. The van der Waals surface area contributed by atoms with E-state index in [1.165, 1.54) is 12.3 Å². The van der Waals surface area contributed by atoms with Crippen LogP contribution in [0.5, 0.6) is 0 Å². The molecule has 0 aliphatic rings. The average molecular weight is 199 g/mol. The van der Waals surface area contributed by atoms with Crippen LogP contribution in [-0.4, -0.2) is 4.98 Å². The summed E-state index contributed by atoms with van der Waals surface area (Å²) in [7, 11) is 0. The van der Waals surface area contributed by atoms with Gasteiger partial charge in [-0.1, -0.05) is 6.07 Å². The van der Waals surface area contributed by atoms with Crippen LogP contribution in [0.2, 0.25) is 0 Å². The van der Waals surface area contributed by atoms with E-state index in [0.29, 0.717) is 5.39 Å². The van der Waals surface area contributed by atoms with Crippen molar-refractivity contribution in [3.05, 3.63) is 35.5 Å². The van der Waals surface area contributed by atoms with E-state index in [2.05, 4.69) is 4.98 Å². The molecule has 1 aromatic carbocycles. The molecule has 2 aromatic rings. The van der Waals surface area contributed by atoms with Crippen LogP contribution in [-0.2, 0) is 6.18 Å². The third kappa shape index (κ3) is 1.27. The smallest absolute Gasteiger partial charge is 0.361 e. The van der Waals surface area contributed by atoms with E-state index in [-0.39, 0.29) is 5.52 Å². The van der Waals surface area contributed by atoms with Crippen molar-refractivity contribution in [3.63, 3.8) is 0 Å². The fourth-order valence-electron chi connectivity index (χ4n) is 1.54. The summed E-state index contributed by atoms with van der Waals surface area (Å²) in [5.74, 6) is 0. The Kier molecular flexibility index (Phi) is 1.80. The van der Waals surface area contributed by atoms with Gasteiger partial charge in [0.25, 0.3) is 0 Å². The number of rotatable bonds is 0. The molecule has 0 unspecified atom stereocenters. The normalized spacial score (nSPS) is 12.3. The largest absolute Gasteiger partial charge is 0.418 e. The lowest BCUT2D eigenvalue weighted by atomic mass is 10.1. The number of aryl methyl sites for hydroxylation is 1. The summed E-state index contributed by atoms with van der Waals surface area (Å²) in [4.78, 5) is 2.62. The molecule has 14 heavy (non-hydrogen) atoms. The van der Waals surface area contributed by atoms with Crippen LogP contribution in [0.15, 0.2) is 24.4 Å². The van der Waals surface area contributed by atoms with Crippen molar-refractivity contribution in [1.29, 1.82) is 0 Å². The van der Waals surface area contributed by atoms with Crippen LogP contribution in [0.3, 0.4) is 0 Å². The number of hydrogen-bond donors (Lipinski definition) is 1. The second-order valence-electron chi connectivity index (χ2n) is 3.19. The fourth-order valence-corrected chi connectivity index (χ4v) is 1.54. The predicted molar refractivity (Wildman–Crippen MR) is 48.0 cm³/mol. The molecule has 0 amide bonds. The van der Waals surface area contributed by atoms with Gasteiger partial charge in [-0.2, -0.15) is 13.2 Å². The van der Waals surface area contributed by atoms with Gasteiger partial charge in [0, 0.05) is 11.6 Å². The minimum Gasteiger partial charge on any atom is -0.361 e. The molecule has 74 valence electrons. The fraction of sp³-hybridized carbons (Fsp3) is 0.200. The molecule has 0 saturated heterocycles. The maximum atomic E-state index is 12.5. The quantitative estimate of drug-likeness (QED) is 0.668. The van der Waals surface area contributed by atoms with E-state index in [4.69, 9.17) is 0 Å². The Balaban J connectivity index is 2.80. The Morgan fingerprint density at radius 2 is 1.86 bits per heavy atom. The topological polar surface area (TPSA) is 15.8 Å². The highest BCUT2D eigenvalue weighted by atomic mass is 19.4. The number of hydrogen-bond acceptors (Lipinski definition) is 0. The summed E-state index contributed by atoms with van der Waals surface area (Å²) in [6.45, 7) is 1.79. The first kappa shape index (κ1) is 9.12. The first-order valence-corrected chi connectivity index (χ1v) is 4.14. The van der Waals surface area contributed by atoms with Gasteiger partial charge in [0.15, 0.2) is 0 Å². The van der Waals surface area contributed by atoms with Crippen molar-refractivity contribution < 1.29 is 13.2 Å². The van der Waals surface area contributed by atoms with E-state index in [0.717, 1.165) is 11.6 Å². The molecule has 0 radical (unpaired) electrons. The number of halogens is 3. The van der Waals surface area contributed by atoms with Crippen LogP contribution in [0, 0.1) is 6.92 Å². The molecule has 0 bridgehead atoms. The molecule has 0 aliphatic carbocycles. The summed E-state index contributed by atoms with van der Waals surface area (Å²) in [6, 6.07) is 4.24. The van der Waals surface area contributed by atoms with Gasteiger partial charge < -0.3 is 4.98 Å². The highest BCUT2D eigenvalue weighted by molar-refractivity contribution is 5.86. The molecule has 1 heterocycles. The van der Waals surface area contributed by atoms with Gasteiger partial charge in [0.05, 0.1) is 11.1 Å². The molecule has 1 aromatic heterocycles. The minimum absolute atomic E-state index is 0.164. The van der Waals surface area contributed by atoms with Crippen molar-refractivity contribution in [1.82, 2.24) is 4.98 Å². The zero-order valence-corrected chi connectivity index (χ0v) is 7.44. The van der Waals surface area contributed by atoms with Gasteiger partial charge in [-0.15, -0.1) is 0 Å². The third-order valence-electron chi connectivity index (χ3n) is 2.25. The SMILES string of the molecule is Cc1ccc(C(F)(F)F)c2[nH]ccc12. The summed E-state index contributed by atoms with van der Waals surface area (Å²) < 4.78 is 37.5. The highest BCUT2D eigenvalue weighted by Crippen LogP contribution is 2.34. The van der Waals surface area contributed by atoms with Gasteiger partial charge >= 0.3 is 6.18 Å². The Hall–Kier alpha value is -1.45. The van der Waals surface area contributed by atoms with Crippen LogP contribution in [0.4, 0.5) is 13.2 Å². The summed E-state index contributed by atoms with van der Waals surface area (Å²) >= 11 is 0. The van der Waals surface area contributed by atoms with E-state index >= 15 is 0 Å². The minimum atomic E-state index is -4.29. The van der Waals surface area contributed by atoms with Gasteiger partial charge in [-0.05, 0) is 24.6 Å². The molecule has 0 atom stereocenters. The molecule has 2 rings (SSSR count). The number of fused-ring (bicyclic) bond motifs is 1. The maximum Gasteiger partial charge on any atom is 0.418 e. The van der Waals surface area contributed by atoms with Gasteiger partial charge in [0.1, 0.15) is 0 Å². The molecular formula is C10H8F3N. The Bertz CT molecular complexity index is 468. The molecule has 1 N–H and O–H groups in total. The van der Waals surface area contributed by atoms with Crippen LogP contribution >= 0.6 is 0 Å². The van der Waals surface area contributed by atoms with Crippen molar-refractivity contribution in [2.24, 2.45) is 0 Å². The lowest BCUT2D eigenvalue weighted by Gasteiger charge is -2.08. The van der Waals surface area contributed by atoms with Crippen molar-refractivity contribution >= 4 is 10.9 Å². The third-order valence-corrected chi connectivity index (χ3v) is 2.25. The van der Waals surface area contributed by atoms with E-state index < -0.39 is 11.7 Å². The van der Waals surface area contributed by atoms with E-state index in [1.54, 1.807) is 13.0 Å². The lowest BCUT2D eigenvalue weighted by Crippen LogP contribution is -2.05. The van der Waals surface area contributed by atoms with E-state index in [9.17, 15) is 13.2 Å². The summed E-state index contributed by atoms with van der Waals surface area (Å²) in [6.07, 6.45) is -2.77. The standard InChI is InChI=1S/C10H8F3N/c1-6-2-3-8(10(11,12)13)9-7(6)4-5-14-9/h2-5,14H,1H3. The van der Waals surface area contributed by atoms with Crippen molar-refractivity contribution in [2.75, 3.05) is 0 Å². The van der Waals surface area contributed by atoms with Crippen LogP contribution < -0.4 is 0 Å². The van der Waals surface area contributed by atoms with Crippen molar-refractivity contribution in [2.45, 2.75) is 13.1 Å². The van der Waals surface area contributed by atoms with Crippen LogP contribution in [0.25, 0.3) is 10.9 Å². The molecule has 0 aliphatic heterocycles. The number of aromatic amines is 1. The maximum absolute atomic E-state index is 12.5. The Morgan fingerprint density at radius 3 is 2.50 bits per heavy atom. The molecule has 0 spiro atoms. The first-order valence-electron chi connectivity index (χ1n) is 4.14. The lowest BCUT2D eigenvalue weighted by molar-refractivity contribution is -0.136. The van der Waals surface area contributed by atoms with Crippen LogP contribution in [0.1, 0.15) is 11.1 Å². The second kappa shape index (κ2) is 2.77. The first-order chi connectivity index (χ1) is 6.50. The Labute approximate surface area is 78.5 Å². The Morgan fingerprint density at radius 1 is 1.14 bits per heavy atom. The highest BCUT2D eigenvalue weighted by Gasteiger charge is 2.33. The number of aromatic nitrogens is 1. The number of nitrogens with one attached hydrogen (secondary N) is 1. The number of H-pyrrole nitrogens is 1. The van der Waals surface area contributed by atoms with Gasteiger partial charge in [-0.3, -0.25) is 0 Å².